The Bertz CT molecular complexity index is 135. The topological polar surface area (TPSA) is 66.8 Å². The minimum Gasteiger partial charge on any atom is -0.481 e. The third-order valence-corrected chi connectivity index (χ3v) is 1.87. The van der Waals surface area contributed by atoms with Crippen LogP contribution >= 0.6 is 0 Å². The Labute approximate surface area is 72.1 Å². The zero-order valence-corrected chi connectivity index (χ0v) is 7.49. The van der Waals surface area contributed by atoms with Gasteiger partial charge in [0, 0.05) is 0 Å². The van der Waals surface area contributed by atoms with Crippen LogP contribution in [0.25, 0.3) is 0 Å². The van der Waals surface area contributed by atoms with E-state index in [1.807, 2.05) is 6.92 Å². The van der Waals surface area contributed by atoms with Crippen LogP contribution in [-0.2, 0) is 9.68 Å². The maximum atomic E-state index is 10.4. The molecule has 72 valence electrons. The predicted octanol–water partition coefficient (Wildman–Crippen LogP) is 1.61. The molecule has 0 aliphatic carbocycles. The average Bonchev–Trinajstić information content (AvgIpc) is 2.00. The molecule has 0 fully saturated rings. The van der Waals surface area contributed by atoms with Gasteiger partial charge in [-0.1, -0.05) is 13.8 Å². The summed E-state index contributed by atoms with van der Waals surface area (Å²) < 4.78 is 0. The molecule has 0 aliphatic heterocycles. The Hall–Kier alpha value is -0.610. The lowest BCUT2D eigenvalue weighted by molar-refractivity contribution is -0.250. The van der Waals surface area contributed by atoms with E-state index < -0.39 is 5.97 Å². The zero-order valence-electron chi connectivity index (χ0n) is 7.49. The number of hydrogen-bond acceptors (Lipinski definition) is 3. The fourth-order valence-corrected chi connectivity index (χ4v) is 0.869. The van der Waals surface area contributed by atoms with Crippen molar-refractivity contribution in [2.75, 3.05) is 6.61 Å². The largest absolute Gasteiger partial charge is 0.481 e. The van der Waals surface area contributed by atoms with E-state index in [9.17, 15) is 4.79 Å². The number of aliphatic carboxylic acids is 1. The van der Waals surface area contributed by atoms with Gasteiger partial charge in [0.05, 0.1) is 12.5 Å². The van der Waals surface area contributed by atoms with E-state index in [4.69, 9.17) is 10.4 Å². The van der Waals surface area contributed by atoms with Crippen molar-refractivity contribution in [3.63, 3.8) is 0 Å². The molecule has 2 unspecified atom stereocenters. The van der Waals surface area contributed by atoms with Crippen molar-refractivity contribution in [1.29, 1.82) is 0 Å². The van der Waals surface area contributed by atoms with Crippen molar-refractivity contribution in [1.82, 2.24) is 0 Å². The standard InChI is InChI=1S/C8H16O4/c1-6(5-12-11)3-4-7(2)8(9)10/h6-7,11H,3-5H2,1-2H3,(H,9,10). The summed E-state index contributed by atoms with van der Waals surface area (Å²) in [5, 5.41) is 16.6. The highest BCUT2D eigenvalue weighted by molar-refractivity contribution is 5.69. The maximum absolute atomic E-state index is 10.4. The molecule has 0 heterocycles. The Kier molecular flexibility index (Phi) is 5.66. The monoisotopic (exact) mass is 176 g/mol. The molecule has 0 rings (SSSR count). The highest BCUT2D eigenvalue weighted by Gasteiger charge is 2.12. The predicted molar refractivity (Wildman–Crippen MR) is 43.8 cm³/mol. The Morgan fingerprint density at radius 2 is 2.00 bits per heavy atom. The summed E-state index contributed by atoms with van der Waals surface area (Å²) in [6, 6.07) is 0. The number of carbonyl (C=O) groups is 1. The first-order valence-electron chi connectivity index (χ1n) is 4.07. The molecule has 2 N–H and O–H groups in total. The van der Waals surface area contributed by atoms with Crippen LogP contribution in [0, 0.1) is 11.8 Å². The van der Waals surface area contributed by atoms with Gasteiger partial charge in [0.25, 0.3) is 0 Å². The van der Waals surface area contributed by atoms with Gasteiger partial charge in [0.15, 0.2) is 0 Å². The summed E-state index contributed by atoms with van der Waals surface area (Å²) in [6.45, 7) is 3.85. The van der Waals surface area contributed by atoms with Crippen molar-refractivity contribution in [2.45, 2.75) is 26.7 Å². The number of carboxylic acid groups (broad SMARTS) is 1. The molecule has 0 bridgehead atoms. The SMILES string of the molecule is CC(CCC(C)C(=O)O)COO. The first-order valence-corrected chi connectivity index (χ1v) is 4.07. The van der Waals surface area contributed by atoms with E-state index in [1.165, 1.54) is 0 Å². The van der Waals surface area contributed by atoms with Gasteiger partial charge in [-0.3, -0.25) is 10.1 Å². The minimum absolute atomic E-state index is 0.205. The molecule has 0 saturated carbocycles. The van der Waals surface area contributed by atoms with E-state index in [0.29, 0.717) is 6.42 Å². The van der Waals surface area contributed by atoms with E-state index in [2.05, 4.69) is 4.89 Å². The zero-order chi connectivity index (χ0) is 9.56. The summed E-state index contributed by atoms with van der Waals surface area (Å²) in [7, 11) is 0. The van der Waals surface area contributed by atoms with Crippen LogP contribution < -0.4 is 0 Å². The van der Waals surface area contributed by atoms with Crippen LogP contribution in [0.5, 0.6) is 0 Å². The normalized spacial score (nSPS) is 15.6. The molecule has 0 spiro atoms. The molecule has 0 radical (unpaired) electrons. The van der Waals surface area contributed by atoms with E-state index in [1.54, 1.807) is 6.92 Å². The first kappa shape index (κ1) is 11.4. The third kappa shape index (κ3) is 5.09. The quantitative estimate of drug-likeness (QED) is 0.476. The smallest absolute Gasteiger partial charge is 0.306 e. The fraction of sp³-hybridized carbons (Fsp3) is 0.875. The third-order valence-electron chi connectivity index (χ3n) is 1.87. The second kappa shape index (κ2) is 5.97. The molecule has 2 atom stereocenters. The van der Waals surface area contributed by atoms with Gasteiger partial charge in [0.1, 0.15) is 0 Å². The Morgan fingerprint density at radius 1 is 1.42 bits per heavy atom. The van der Waals surface area contributed by atoms with Crippen molar-refractivity contribution in [2.24, 2.45) is 11.8 Å². The van der Waals surface area contributed by atoms with Crippen molar-refractivity contribution in [3.05, 3.63) is 0 Å². The van der Waals surface area contributed by atoms with Crippen molar-refractivity contribution < 1.29 is 20.0 Å². The summed E-state index contributed by atoms with van der Waals surface area (Å²) in [5.41, 5.74) is 0. The summed E-state index contributed by atoms with van der Waals surface area (Å²) in [5.74, 6) is -0.880. The van der Waals surface area contributed by atoms with Crippen LogP contribution in [-0.4, -0.2) is 22.9 Å². The fourth-order valence-electron chi connectivity index (χ4n) is 0.869. The van der Waals surface area contributed by atoms with Gasteiger partial charge in [0.2, 0.25) is 0 Å². The van der Waals surface area contributed by atoms with Crippen LogP contribution in [0.2, 0.25) is 0 Å². The van der Waals surface area contributed by atoms with Gasteiger partial charge >= 0.3 is 5.97 Å². The van der Waals surface area contributed by atoms with Gasteiger partial charge in [-0.15, -0.1) is 0 Å². The number of carboxylic acids is 1. The molecule has 0 aromatic heterocycles. The molecule has 0 aliphatic rings. The highest BCUT2D eigenvalue weighted by Crippen LogP contribution is 2.12. The second-order valence-corrected chi connectivity index (χ2v) is 3.22. The summed E-state index contributed by atoms with van der Waals surface area (Å²) >= 11 is 0. The van der Waals surface area contributed by atoms with E-state index in [0.717, 1.165) is 6.42 Å². The van der Waals surface area contributed by atoms with E-state index >= 15 is 0 Å². The van der Waals surface area contributed by atoms with Crippen LogP contribution in [0.1, 0.15) is 26.7 Å². The van der Waals surface area contributed by atoms with Crippen LogP contribution in [0.3, 0.4) is 0 Å². The maximum Gasteiger partial charge on any atom is 0.306 e. The molecule has 4 heteroatoms. The Balaban J connectivity index is 3.46. The molecule has 0 aromatic carbocycles. The highest BCUT2D eigenvalue weighted by atomic mass is 17.1. The molecular weight excluding hydrogens is 160 g/mol. The van der Waals surface area contributed by atoms with Gasteiger partial charge in [-0.2, -0.15) is 0 Å². The lowest BCUT2D eigenvalue weighted by atomic mass is 9.99. The molecule has 0 aromatic rings. The molecular formula is C8H16O4. The second-order valence-electron chi connectivity index (χ2n) is 3.22. The lowest BCUT2D eigenvalue weighted by Crippen LogP contribution is -2.12. The molecule has 4 nitrogen and oxygen atoms in total. The number of rotatable bonds is 6. The molecule has 12 heavy (non-hydrogen) atoms. The van der Waals surface area contributed by atoms with Crippen molar-refractivity contribution in [3.8, 4) is 0 Å². The van der Waals surface area contributed by atoms with E-state index in [-0.39, 0.29) is 18.4 Å². The van der Waals surface area contributed by atoms with Gasteiger partial charge in [-0.25, -0.2) is 4.89 Å². The minimum atomic E-state index is -0.771. The van der Waals surface area contributed by atoms with Crippen molar-refractivity contribution >= 4 is 5.97 Å². The van der Waals surface area contributed by atoms with Crippen LogP contribution in [0.4, 0.5) is 0 Å². The van der Waals surface area contributed by atoms with Gasteiger partial charge < -0.3 is 5.11 Å². The summed E-state index contributed by atoms with van der Waals surface area (Å²) in [4.78, 5) is 14.3. The summed E-state index contributed by atoms with van der Waals surface area (Å²) in [6.07, 6.45) is 1.38. The average molecular weight is 176 g/mol. The lowest BCUT2D eigenvalue weighted by Gasteiger charge is -2.10. The molecule has 0 saturated heterocycles. The Morgan fingerprint density at radius 3 is 2.42 bits per heavy atom. The molecule has 0 amide bonds. The van der Waals surface area contributed by atoms with Gasteiger partial charge in [-0.05, 0) is 18.8 Å². The first-order chi connectivity index (χ1) is 5.57. The van der Waals surface area contributed by atoms with Crippen LogP contribution in [0.15, 0.2) is 0 Å². The number of hydrogen-bond donors (Lipinski definition) is 2.